The third-order valence-corrected chi connectivity index (χ3v) is 9.00. The Balaban J connectivity index is 1.24. The molecule has 0 N–H and O–H groups in total. The summed E-state index contributed by atoms with van der Waals surface area (Å²) in [5.74, 6) is -4.19. The maximum atomic E-state index is 14.0. The van der Waals surface area contributed by atoms with Gasteiger partial charge in [-0.2, -0.15) is 0 Å². The Hall–Kier alpha value is -5.40. The molecular formula is C42H42O12. The second kappa shape index (κ2) is 17.6. The Morgan fingerprint density at radius 2 is 0.815 bits per heavy atom. The summed E-state index contributed by atoms with van der Waals surface area (Å²) in [4.78, 5) is 55.8. The van der Waals surface area contributed by atoms with Crippen LogP contribution in [0.5, 0.6) is 0 Å². The average molecular weight is 739 g/mol. The maximum absolute atomic E-state index is 14.0. The van der Waals surface area contributed by atoms with Gasteiger partial charge < -0.3 is 37.9 Å². The minimum absolute atomic E-state index is 0.143. The molecule has 4 aromatic carbocycles. The van der Waals surface area contributed by atoms with Crippen molar-refractivity contribution < 1.29 is 57.1 Å². The van der Waals surface area contributed by atoms with Gasteiger partial charge in [-0.25, -0.2) is 9.59 Å². The summed E-state index contributed by atoms with van der Waals surface area (Å²) in [5.41, 5.74) is -0.0858. The molecular weight excluding hydrogens is 696 g/mol. The van der Waals surface area contributed by atoms with Crippen molar-refractivity contribution in [3.05, 3.63) is 144 Å². The van der Waals surface area contributed by atoms with Crippen LogP contribution in [0.3, 0.4) is 0 Å². The number of ether oxygens (including phenoxy) is 8. The summed E-state index contributed by atoms with van der Waals surface area (Å²) in [6, 6.07) is 35.9. The first-order chi connectivity index (χ1) is 26.1. The highest BCUT2D eigenvalue weighted by atomic mass is 16.7. The molecule has 0 amide bonds. The van der Waals surface area contributed by atoms with Crippen LogP contribution in [-0.2, 0) is 70.3 Å². The molecule has 2 heterocycles. The molecule has 0 aromatic heterocycles. The second-order valence-electron chi connectivity index (χ2n) is 13.7. The summed E-state index contributed by atoms with van der Waals surface area (Å²) < 4.78 is 46.3. The Kier molecular flexibility index (Phi) is 12.5. The van der Waals surface area contributed by atoms with Gasteiger partial charge >= 0.3 is 23.9 Å². The Bertz CT molecular complexity index is 1700. The van der Waals surface area contributed by atoms with E-state index in [1.54, 1.807) is 74.5 Å². The number of carbonyl (C=O) groups excluding carboxylic acids is 4. The minimum atomic E-state index is -2.08. The van der Waals surface area contributed by atoms with Gasteiger partial charge in [0.25, 0.3) is 0 Å². The molecule has 12 heteroatoms. The van der Waals surface area contributed by atoms with E-state index in [9.17, 15) is 19.2 Å². The van der Waals surface area contributed by atoms with Gasteiger partial charge in [0, 0.05) is 11.1 Å². The van der Waals surface area contributed by atoms with E-state index in [-0.39, 0.29) is 39.6 Å². The summed E-state index contributed by atoms with van der Waals surface area (Å²) in [5, 5.41) is 0. The minimum Gasteiger partial charge on any atom is -0.458 e. The molecule has 12 nitrogen and oxygen atoms in total. The van der Waals surface area contributed by atoms with Crippen LogP contribution in [-0.4, -0.2) is 62.5 Å². The van der Waals surface area contributed by atoms with E-state index in [2.05, 4.69) is 0 Å². The summed E-state index contributed by atoms with van der Waals surface area (Å²) in [7, 11) is 0. The van der Waals surface area contributed by atoms with Crippen LogP contribution in [0.4, 0.5) is 0 Å². The topological polar surface area (TPSA) is 142 Å². The lowest BCUT2D eigenvalue weighted by Gasteiger charge is -2.38. The van der Waals surface area contributed by atoms with E-state index in [0.717, 1.165) is 11.1 Å². The van der Waals surface area contributed by atoms with Crippen molar-refractivity contribution >= 4 is 23.9 Å². The molecule has 0 spiro atoms. The van der Waals surface area contributed by atoms with Crippen molar-refractivity contribution in [3.63, 3.8) is 0 Å². The molecule has 2 fully saturated rings. The number of benzene rings is 4. The van der Waals surface area contributed by atoms with Gasteiger partial charge in [-0.15, -0.1) is 0 Å². The number of esters is 4. The van der Waals surface area contributed by atoms with E-state index >= 15 is 0 Å². The molecule has 0 radical (unpaired) electrons. The quantitative estimate of drug-likeness (QED) is 0.121. The van der Waals surface area contributed by atoms with E-state index in [0.29, 0.717) is 11.1 Å². The first-order valence-electron chi connectivity index (χ1n) is 17.5. The van der Waals surface area contributed by atoms with Gasteiger partial charge in [0.1, 0.15) is 24.0 Å². The molecule has 2 aliphatic heterocycles. The second-order valence-corrected chi connectivity index (χ2v) is 13.7. The fraction of sp³-hybridized carbons (Fsp3) is 0.333. The molecule has 2 unspecified atom stereocenters. The molecule has 6 rings (SSSR count). The maximum Gasteiger partial charge on any atom is 0.352 e. The first-order valence-corrected chi connectivity index (χ1v) is 17.5. The van der Waals surface area contributed by atoms with Crippen LogP contribution in [0.1, 0.15) is 48.7 Å². The highest BCUT2D eigenvalue weighted by Gasteiger charge is 2.50. The third-order valence-electron chi connectivity index (χ3n) is 9.00. The predicted octanol–water partition coefficient (Wildman–Crippen LogP) is 5.80. The van der Waals surface area contributed by atoms with Crippen molar-refractivity contribution in [3.8, 4) is 0 Å². The lowest BCUT2D eigenvalue weighted by Crippen LogP contribution is -2.53. The van der Waals surface area contributed by atoms with E-state index in [1.165, 1.54) is 0 Å². The normalized spacial score (nSPS) is 23.6. The first kappa shape index (κ1) is 38.3. The molecule has 2 atom stereocenters. The largest absolute Gasteiger partial charge is 0.458 e. The standard InChI is InChI=1S/C42H42O12/c1-41(25-49-37(50-26-41)31-19-11-5-12-20-31)39(45)53-33(35(43)47-23-29-15-7-3-8-16-29)34(36(44)48-24-30-17-9-4-10-18-30)54-40(46)42(2)27-51-38(52-28-42)32-21-13-6-14-22-32/h3-22,33-34,37-38H,23-28H2,1-2H3. The van der Waals surface area contributed by atoms with E-state index in [1.807, 2.05) is 60.7 Å². The van der Waals surface area contributed by atoms with Crippen molar-refractivity contribution in [1.29, 1.82) is 0 Å². The molecule has 54 heavy (non-hydrogen) atoms. The van der Waals surface area contributed by atoms with Gasteiger partial charge in [-0.1, -0.05) is 121 Å². The molecule has 282 valence electrons. The van der Waals surface area contributed by atoms with Gasteiger partial charge in [0.05, 0.1) is 26.4 Å². The average Bonchev–Trinajstić information content (AvgIpc) is 3.22. The van der Waals surface area contributed by atoms with Crippen molar-refractivity contribution in [2.24, 2.45) is 10.8 Å². The smallest absolute Gasteiger partial charge is 0.352 e. The van der Waals surface area contributed by atoms with Gasteiger partial charge in [-0.05, 0) is 25.0 Å². The molecule has 4 aromatic rings. The highest BCUT2D eigenvalue weighted by molar-refractivity contribution is 5.91. The monoisotopic (exact) mass is 738 g/mol. The lowest BCUT2D eigenvalue weighted by atomic mass is 9.91. The lowest BCUT2D eigenvalue weighted by molar-refractivity contribution is -0.246. The number of hydrogen-bond donors (Lipinski definition) is 0. The molecule has 0 aliphatic carbocycles. The zero-order valence-electron chi connectivity index (χ0n) is 30.0. The zero-order chi connectivity index (χ0) is 38.0. The van der Waals surface area contributed by atoms with Gasteiger partial charge in [-0.3, -0.25) is 9.59 Å². The molecule has 0 saturated carbocycles. The van der Waals surface area contributed by atoms with Crippen LogP contribution < -0.4 is 0 Å². The predicted molar refractivity (Wildman–Crippen MR) is 191 cm³/mol. The van der Waals surface area contributed by atoms with E-state index in [4.69, 9.17) is 37.9 Å². The van der Waals surface area contributed by atoms with E-state index < -0.39 is 59.5 Å². The molecule has 2 saturated heterocycles. The molecule has 2 aliphatic rings. The van der Waals surface area contributed by atoms with Gasteiger partial charge in [0.15, 0.2) is 12.6 Å². The third kappa shape index (κ3) is 9.57. The van der Waals surface area contributed by atoms with Crippen LogP contribution in [0.15, 0.2) is 121 Å². The van der Waals surface area contributed by atoms with Crippen LogP contribution in [0.2, 0.25) is 0 Å². The van der Waals surface area contributed by atoms with Crippen LogP contribution in [0, 0.1) is 10.8 Å². The fourth-order valence-electron chi connectivity index (χ4n) is 5.66. The Morgan fingerprint density at radius 1 is 0.519 bits per heavy atom. The highest BCUT2D eigenvalue weighted by Crippen LogP contribution is 2.35. The summed E-state index contributed by atoms with van der Waals surface area (Å²) in [6.45, 7) is 2.05. The van der Waals surface area contributed by atoms with Crippen molar-refractivity contribution in [1.82, 2.24) is 0 Å². The number of rotatable bonds is 13. The van der Waals surface area contributed by atoms with Crippen molar-refractivity contribution in [2.45, 2.75) is 51.8 Å². The Labute approximate surface area is 313 Å². The summed E-state index contributed by atoms with van der Waals surface area (Å²) in [6.07, 6.45) is -5.63. The van der Waals surface area contributed by atoms with Crippen molar-refractivity contribution in [2.75, 3.05) is 26.4 Å². The van der Waals surface area contributed by atoms with Gasteiger partial charge in [0.2, 0.25) is 12.2 Å². The number of carbonyl (C=O) groups is 4. The fourth-order valence-corrected chi connectivity index (χ4v) is 5.66. The van der Waals surface area contributed by atoms with Crippen LogP contribution >= 0.6 is 0 Å². The number of hydrogen-bond acceptors (Lipinski definition) is 12. The SMILES string of the molecule is CC1(C(=O)OC(C(=O)OCc2ccccc2)C(OC(=O)C2(C)COC(c3ccccc3)OC2)C(=O)OCc2ccccc2)COC(c2ccccc2)OC1. The summed E-state index contributed by atoms with van der Waals surface area (Å²) >= 11 is 0. The molecule has 0 bridgehead atoms. The zero-order valence-corrected chi connectivity index (χ0v) is 30.0. The Morgan fingerprint density at radius 3 is 1.13 bits per heavy atom. The van der Waals surface area contributed by atoms with Crippen LogP contribution in [0.25, 0.3) is 0 Å².